The minimum Gasteiger partial charge on any atom is -0.466 e. The van der Waals surface area contributed by atoms with Crippen LogP contribution >= 0.6 is 11.6 Å². The van der Waals surface area contributed by atoms with Gasteiger partial charge >= 0.3 is 5.97 Å². The molecular formula is C32H42ClFN8O3. The Morgan fingerprint density at radius 2 is 2.00 bits per heavy atom. The van der Waals surface area contributed by atoms with Gasteiger partial charge in [-0.1, -0.05) is 11.6 Å². The second kappa shape index (κ2) is 16.5. The molecule has 5 N–H and O–H groups in total. The number of ether oxygens (including phenoxy) is 1. The topological polar surface area (TPSA) is 142 Å². The van der Waals surface area contributed by atoms with Crippen LogP contribution in [-0.4, -0.2) is 96.5 Å². The number of hydrogen-bond donors (Lipinski definition) is 4. The number of nitrogens with one attached hydrogen (secondary N) is 3. The van der Waals surface area contributed by atoms with Gasteiger partial charge in [0.05, 0.1) is 23.6 Å². The Hall–Kier alpha value is -3.84. The molecule has 3 aromatic rings. The van der Waals surface area contributed by atoms with Crippen LogP contribution in [0.4, 0.5) is 21.7 Å². The molecule has 0 radical (unpaired) electrons. The molecule has 2 aromatic heterocycles. The molecule has 0 aliphatic carbocycles. The largest absolute Gasteiger partial charge is 0.466 e. The van der Waals surface area contributed by atoms with Crippen molar-refractivity contribution in [2.24, 2.45) is 0 Å². The van der Waals surface area contributed by atoms with E-state index in [1.54, 1.807) is 13.0 Å². The minimum absolute atomic E-state index is 0.0667. The summed E-state index contributed by atoms with van der Waals surface area (Å²) in [7, 11) is 2.16. The van der Waals surface area contributed by atoms with Gasteiger partial charge in [0.15, 0.2) is 6.29 Å². The van der Waals surface area contributed by atoms with E-state index in [4.69, 9.17) is 22.1 Å². The number of carbonyl (C=O) groups is 2. The standard InChI is InChI=1S/C32H42ClFN8O3/c1-4-45-29(44)18-24-21(2)28(40-27(24)8-10-36-9-5-11-42-14-12-41(3)13-15-42)16-22(19-43)30-31(35)37-20-38-32(30)39-23-6-7-26(34)25(33)17-23/h6-7,16-17,19-20,36,40H,4-5,8-15,18H2,1-3H3,(H3,35,37,38,39)/b22-16+. The van der Waals surface area contributed by atoms with Crippen molar-refractivity contribution in [3.8, 4) is 0 Å². The van der Waals surface area contributed by atoms with E-state index >= 15 is 0 Å². The van der Waals surface area contributed by atoms with Gasteiger partial charge in [-0.3, -0.25) is 9.59 Å². The number of nitrogens with zero attached hydrogens (tertiary/aromatic N) is 4. The molecule has 45 heavy (non-hydrogen) atoms. The first-order chi connectivity index (χ1) is 21.7. The van der Waals surface area contributed by atoms with Crippen LogP contribution in [0.25, 0.3) is 11.6 Å². The SMILES string of the molecule is CCOC(=O)Cc1c(CCNCCCN2CCN(C)CC2)[nH]c(/C=C(\C=O)c2c(N)ncnc2Nc2ccc(F)c(Cl)c2)c1C. The van der Waals surface area contributed by atoms with Crippen LogP contribution in [0.5, 0.6) is 0 Å². The summed E-state index contributed by atoms with van der Waals surface area (Å²) in [6, 6.07) is 4.13. The molecule has 3 heterocycles. The molecule has 4 rings (SSSR count). The molecule has 1 aliphatic rings. The summed E-state index contributed by atoms with van der Waals surface area (Å²) in [4.78, 5) is 41.6. The maximum atomic E-state index is 13.7. The zero-order valence-electron chi connectivity index (χ0n) is 26.1. The fraction of sp³-hybridized carbons (Fsp3) is 0.438. The fourth-order valence-electron chi connectivity index (χ4n) is 5.32. The molecule has 242 valence electrons. The smallest absolute Gasteiger partial charge is 0.310 e. The van der Waals surface area contributed by atoms with E-state index in [-0.39, 0.29) is 46.8 Å². The van der Waals surface area contributed by atoms with E-state index in [1.165, 1.54) is 24.5 Å². The zero-order chi connectivity index (χ0) is 32.3. The van der Waals surface area contributed by atoms with E-state index in [1.807, 2.05) is 6.92 Å². The fourth-order valence-corrected chi connectivity index (χ4v) is 5.50. The number of anilines is 3. The van der Waals surface area contributed by atoms with Gasteiger partial charge in [-0.2, -0.15) is 0 Å². The number of likely N-dealkylation sites (N-methyl/N-ethyl adjacent to an activating group) is 1. The predicted molar refractivity (Wildman–Crippen MR) is 176 cm³/mol. The number of nitrogen functional groups attached to an aromatic ring is 1. The highest BCUT2D eigenvalue weighted by atomic mass is 35.5. The third-order valence-corrected chi connectivity index (χ3v) is 8.17. The van der Waals surface area contributed by atoms with Gasteiger partial charge in [-0.15, -0.1) is 0 Å². The van der Waals surface area contributed by atoms with Crippen LogP contribution in [0.1, 0.15) is 41.4 Å². The van der Waals surface area contributed by atoms with Crippen LogP contribution in [0.2, 0.25) is 5.02 Å². The Balaban J connectivity index is 1.53. The Morgan fingerprint density at radius 3 is 2.71 bits per heavy atom. The van der Waals surface area contributed by atoms with E-state index < -0.39 is 5.82 Å². The Labute approximate surface area is 268 Å². The number of benzene rings is 1. The van der Waals surface area contributed by atoms with E-state index in [2.05, 4.69) is 42.4 Å². The number of piperazine rings is 1. The summed E-state index contributed by atoms with van der Waals surface area (Å²) in [5, 5.41) is 6.51. The van der Waals surface area contributed by atoms with Crippen molar-refractivity contribution in [3.63, 3.8) is 0 Å². The van der Waals surface area contributed by atoms with Gasteiger partial charge < -0.3 is 35.9 Å². The lowest BCUT2D eigenvalue weighted by Gasteiger charge is -2.32. The number of allylic oxidation sites excluding steroid dienone is 1. The highest BCUT2D eigenvalue weighted by molar-refractivity contribution is 6.31. The molecule has 0 atom stereocenters. The van der Waals surface area contributed by atoms with E-state index in [0.717, 1.165) is 69.1 Å². The van der Waals surface area contributed by atoms with Crippen molar-refractivity contribution in [2.75, 3.05) is 70.5 Å². The number of carbonyl (C=O) groups excluding carboxylic acids is 2. The highest BCUT2D eigenvalue weighted by Gasteiger charge is 2.20. The first-order valence-corrected chi connectivity index (χ1v) is 15.5. The van der Waals surface area contributed by atoms with Crippen molar-refractivity contribution < 1.29 is 18.7 Å². The van der Waals surface area contributed by atoms with Gasteiger partial charge in [0.1, 0.15) is 23.8 Å². The number of aldehydes is 1. The number of H-pyrrole nitrogens is 1. The van der Waals surface area contributed by atoms with Crippen molar-refractivity contribution >= 4 is 52.8 Å². The van der Waals surface area contributed by atoms with Crippen LogP contribution < -0.4 is 16.4 Å². The summed E-state index contributed by atoms with van der Waals surface area (Å²) < 4.78 is 19.0. The van der Waals surface area contributed by atoms with Gasteiger partial charge in [-0.25, -0.2) is 14.4 Å². The number of rotatable bonds is 15. The molecule has 1 saturated heterocycles. The summed E-state index contributed by atoms with van der Waals surface area (Å²) in [5.41, 5.74) is 10.4. The molecule has 1 fully saturated rings. The van der Waals surface area contributed by atoms with Crippen LogP contribution in [0.3, 0.4) is 0 Å². The average Bonchev–Trinajstić information content (AvgIpc) is 3.30. The molecule has 0 unspecified atom stereocenters. The lowest BCUT2D eigenvalue weighted by atomic mass is 10.0. The summed E-state index contributed by atoms with van der Waals surface area (Å²) in [6.07, 6.45) is 5.42. The van der Waals surface area contributed by atoms with Gasteiger partial charge in [0.2, 0.25) is 0 Å². The number of aromatic nitrogens is 3. The van der Waals surface area contributed by atoms with Crippen molar-refractivity contribution in [1.82, 2.24) is 30.1 Å². The maximum Gasteiger partial charge on any atom is 0.310 e. The van der Waals surface area contributed by atoms with Crippen LogP contribution in [0.15, 0.2) is 24.5 Å². The molecule has 0 spiro atoms. The van der Waals surface area contributed by atoms with Crippen molar-refractivity contribution in [2.45, 2.75) is 33.1 Å². The molecule has 11 nitrogen and oxygen atoms in total. The zero-order valence-corrected chi connectivity index (χ0v) is 26.8. The summed E-state index contributed by atoms with van der Waals surface area (Å²) >= 11 is 5.95. The van der Waals surface area contributed by atoms with Crippen LogP contribution in [0, 0.1) is 12.7 Å². The molecule has 0 amide bonds. The summed E-state index contributed by atoms with van der Waals surface area (Å²) in [5.74, 6) is -0.551. The molecule has 1 aliphatic heterocycles. The lowest BCUT2D eigenvalue weighted by molar-refractivity contribution is -0.142. The van der Waals surface area contributed by atoms with Crippen molar-refractivity contribution in [3.05, 3.63) is 63.4 Å². The molecule has 0 bridgehead atoms. The number of hydrogen-bond acceptors (Lipinski definition) is 10. The van der Waals surface area contributed by atoms with E-state index in [0.29, 0.717) is 24.1 Å². The van der Waals surface area contributed by atoms with Crippen molar-refractivity contribution in [1.29, 1.82) is 0 Å². The quantitative estimate of drug-likeness (QED) is 0.0838. The minimum atomic E-state index is -0.560. The molecule has 1 aromatic carbocycles. The average molecular weight is 641 g/mol. The highest BCUT2D eigenvalue weighted by Crippen LogP contribution is 2.32. The first kappa shape index (κ1) is 34.0. The normalized spacial score (nSPS) is 14.5. The second-order valence-corrected chi connectivity index (χ2v) is 11.5. The van der Waals surface area contributed by atoms with Gasteiger partial charge in [0, 0.05) is 61.8 Å². The van der Waals surface area contributed by atoms with Gasteiger partial charge in [-0.05, 0) is 75.8 Å². The summed E-state index contributed by atoms with van der Waals surface area (Å²) in [6.45, 7) is 11.1. The monoisotopic (exact) mass is 640 g/mol. The predicted octanol–water partition coefficient (Wildman–Crippen LogP) is 3.85. The lowest BCUT2D eigenvalue weighted by Crippen LogP contribution is -2.45. The first-order valence-electron chi connectivity index (χ1n) is 15.2. The number of nitrogens with two attached hydrogens (primary N) is 1. The molecule has 13 heteroatoms. The van der Waals surface area contributed by atoms with E-state index in [9.17, 15) is 14.0 Å². The van der Waals surface area contributed by atoms with Crippen LogP contribution in [-0.2, 0) is 27.2 Å². The van der Waals surface area contributed by atoms with Gasteiger partial charge in [0.25, 0.3) is 0 Å². The Morgan fingerprint density at radius 1 is 1.22 bits per heavy atom. The third-order valence-electron chi connectivity index (χ3n) is 7.88. The molecular weight excluding hydrogens is 599 g/mol. The maximum absolute atomic E-state index is 13.7. The second-order valence-electron chi connectivity index (χ2n) is 11.1. The number of aromatic amines is 1. The number of esters is 1. The third kappa shape index (κ3) is 9.33. The molecule has 0 saturated carbocycles. The Kier molecular flexibility index (Phi) is 12.5. The number of halogens is 2. The Bertz CT molecular complexity index is 1500.